The fraction of sp³-hybridized carbons (Fsp3) is 0.438. The first-order valence-electron chi connectivity index (χ1n) is 8.49. The molecule has 1 heterocycles. The predicted octanol–water partition coefficient (Wildman–Crippen LogP) is 4.33. The monoisotopic (exact) mass is 436 g/mol. The number of nitrogens with zero attached hydrogens (tertiary/aromatic N) is 3. The number of aromatic nitrogens is 2. The minimum Gasteiger partial charge on any atom is -0.314 e. The molecule has 0 saturated heterocycles. The average Bonchev–Trinajstić information content (AvgIpc) is 3.05. The molecule has 1 aromatic carbocycles. The molecule has 2 rings (SSSR count). The van der Waals surface area contributed by atoms with E-state index in [1.54, 1.807) is 6.92 Å². The minimum absolute atomic E-state index is 0.0764. The van der Waals surface area contributed by atoms with E-state index in [0.717, 1.165) is 17.0 Å². The molecule has 29 heavy (non-hydrogen) atoms. The summed E-state index contributed by atoms with van der Waals surface area (Å²) in [4.78, 5) is 14.4. The van der Waals surface area contributed by atoms with Crippen LogP contribution in [0, 0.1) is 17.0 Å². The zero-order valence-electron chi connectivity index (χ0n) is 15.8. The molecular weight excluding hydrogens is 416 g/mol. The van der Waals surface area contributed by atoms with Crippen molar-refractivity contribution < 1.29 is 31.7 Å². The molecule has 1 atom stereocenters. The van der Waals surface area contributed by atoms with Crippen LogP contribution >= 0.6 is 7.60 Å². The van der Waals surface area contributed by atoms with Crippen molar-refractivity contribution in [3.8, 4) is 5.69 Å². The molecule has 0 bridgehead atoms. The lowest BCUT2D eigenvalue weighted by Crippen LogP contribution is -2.19. The Morgan fingerprint density at radius 3 is 2.31 bits per heavy atom. The summed E-state index contributed by atoms with van der Waals surface area (Å²) in [5.41, 5.74) is 3.34. The van der Waals surface area contributed by atoms with Crippen LogP contribution in [0.1, 0.15) is 36.5 Å². The van der Waals surface area contributed by atoms with Gasteiger partial charge in [0.2, 0.25) is 0 Å². The largest absolute Gasteiger partial charge is 0.418 e. The third kappa shape index (κ3) is 4.84. The maximum Gasteiger partial charge on any atom is 0.418 e. The average molecular weight is 436 g/mol. The molecule has 0 aliphatic carbocycles. The highest BCUT2D eigenvalue weighted by atomic mass is 31.2. The fourth-order valence-electron chi connectivity index (χ4n) is 2.71. The van der Waals surface area contributed by atoms with Crippen LogP contribution in [0.2, 0.25) is 0 Å². The summed E-state index contributed by atoms with van der Waals surface area (Å²) < 4.78 is 65.1. The number of hydrogen-bond acceptors (Lipinski definition) is 7. The molecule has 2 N–H and O–H groups in total. The summed E-state index contributed by atoms with van der Waals surface area (Å²) in [6.07, 6.45) is -2.45. The van der Waals surface area contributed by atoms with Crippen molar-refractivity contribution in [3.63, 3.8) is 0 Å². The molecule has 2 aromatic rings. The number of nitrogens with two attached hydrogens (primary N) is 1. The number of rotatable bonds is 8. The Kier molecular flexibility index (Phi) is 6.84. The van der Waals surface area contributed by atoms with E-state index in [1.807, 2.05) is 0 Å². The molecule has 13 heteroatoms. The minimum atomic E-state index is -4.90. The first-order chi connectivity index (χ1) is 13.4. The predicted molar refractivity (Wildman–Crippen MR) is 97.7 cm³/mol. The topological polar surface area (TPSA) is 123 Å². The maximum atomic E-state index is 13.6. The number of imidazole rings is 1. The van der Waals surface area contributed by atoms with Gasteiger partial charge >= 0.3 is 13.8 Å². The molecule has 0 saturated carbocycles. The smallest absolute Gasteiger partial charge is 0.314 e. The van der Waals surface area contributed by atoms with Crippen molar-refractivity contribution >= 4 is 13.3 Å². The molecule has 1 aromatic heterocycles. The normalized spacial score (nSPS) is 13.5. The Hall–Kier alpha value is -2.27. The van der Waals surface area contributed by atoms with Gasteiger partial charge in [0, 0.05) is 12.3 Å². The van der Waals surface area contributed by atoms with Crippen molar-refractivity contribution in [2.75, 3.05) is 13.2 Å². The standard InChI is InChI=1S/C16H20F3N4O5P/c1-4-27-29(26,28-5-2)15(20)11-6-14(22-8-10(3)21-9-22)12(16(17,18)19)7-13(11)23(24)25/h6-9,15H,4-5,20H2,1-3H3. The Balaban J connectivity index is 2.80. The van der Waals surface area contributed by atoms with Gasteiger partial charge in [-0.3, -0.25) is 14.7 Å². The van der Waals surface area contributed by atoms with E-state index in [4.69, 9.17) is 14.8 Å². The second-order valence-electron chi connectivity index (χ2n) is 5.93. The van der Waals surface area contributed by atoms with Crippen molar-refractivity contribution in [1.82, 2.24) is 9.55 Å². The van der Waals surface area contributed by atoms with E-state index >= 15 is 0 Å². The van der Waals surface area contributed by atoms with E-state index in [0.29, 0.717) is 11.8 Å². The number of alkyl halides is 3. The van der Waals surface area contributed by atoms with Crippen molar-refractivity contribution in [3.05, 3.63) is 51.6 Å². The maximum absolute atomic E-state index is 13.6. The third-order valence-corrected chi connectivity index (χ3v) is 6.11. The zero-order valence-corrected chi connectivity index (χ0v) is 16.7. The second kappa shape index (κ2) is 8.62. The van der Waals surface area contributed by atoms with Gasteiger partial charge in [-0.15, -0.1) is 0 Å². The quantitative estimate of drug-likeness (QED) is 0.371. The lowest BCUT2D eigenvalue weighted by atomic mass is 10.1. The van der Waals surface area contributed by atoms with Crippen LogP contribution in [0.3, 0.4) is 0 Å². The SMILES string of the molecule is CCOP(=O)(OCC)C(N)c1cc(-n2cnc(C)c2)c(C(F)(F)F)cc1[N+](=O)[O-]. The van der Waals surface area contributed by atoms with Gasteiger partial charge in [-0.05, 0) is 26.8 Å². The van der Waals surface area contributed by atoms with E-state index in [1.165, 1.54) is 20.0 Å². The molecule has 0 aliphatic rings. The Labute approximate surface area is 164 Å². The number of benzene rings is 1. The highest BCUT2D eigenvalue weighted by molar-refractivity contribution is 7.54. The molecule has 0 spiro atoms. The molecule has 0 fully saturated rings. The lowest BCUT2D eigenvalue weighted by Gasteiger charge is -2.24. The Bertz CT molecular complexity index is 937. The Morgan fingerprint density at radius 1 is 1.31 bits per heavy atom. The fourth-order valence-corrected chi connectivity index (χ4v) is 4.37. The number of hydrogen-bond donors (Lipinski definition) is 1. The van der Waals surface area contributed by atoms with Crippen LogP contribution < -0.4 is 5.73 Å². The van der Waals surface area contributed by atoms with Gasteiger partial charge in [0.05, 0.1) is 47.0 Å². The van der Waals surface area contributed by atoms with Gasteiger partial charge in [-0.2, -0.15) is 13.2 Å². The van der Waals surface area contributed by atoms with Crippen molar-refractivity contribution in [2.24, 2.45) is 5.73 Å². The molecule has 9 nitrogen and oxygen atoms in total. The zero-order chi connectivity index (χ0) is 22.0. The highest BCUT2D eigenvalue weighted by Gasteiger charge is 2.42. The van der Waals surface area contributed by atoms with E-state index in [-0.39, 0.29) is 13.2 Å². The summed E-state index contributed by atoms with van der Waals surface area (Å²) in [5, 5.41) is 11.5. The molecular formula is C16H20F3N4O5P. The second-order valence-corrected chi connectivity index (χ2v) is 8.08. The van der Waals surface area contributed by atoms with Crippen LogP contribution in [0.4, 0.5) is 18.9 Å². The van der Waals surface area contributed by atoms with Gasteiger partial charge in [-0.1, -0.05) is 0 Å². The number of nitro groups is 1. The van der Waals surface area contributed by atoms with E-state index in [9.17, 15) is 27.9 Å². The third-order valence-electron chi connectivity index (χ3n) is 3.91. The van der Waals surface area contributed by atoms with Gasteiger partial charge in [0.25, 0.3) is 5.69 Å². The van der Waals surface area contributed by atoms with Gasteiger partial charge in [0.15, 0.2) is 0 Å². The van der Waals surface area contributed by atoms with Gasteiger partial charge < -0.3 is 19.3 Å². The molecule has 0 aliphatic heterocycles. The van der Waals surface area contributed by atoms with Gasteiger partial charge in [-0.25, -0.2) is 4.98 Å². The van der Waals surface area contributed by atoms with Crippen LogP contribution in [-0.2, 0) is 19.8 Å². The van der Waals surface area contributed by atoms with E-state index in [2.05, 4.69) is 4.98 Å². The summed E-state index contributed by atoms with van der Waals surface area (Å²) in [7, 11) is -4.09. The van der Waals surface area contributed by atoms with Crippen molar-refractivity contribution in [2.45, 2.75) is 32.7 Å². The first-order valence-corrected chi connectivity index (χ1v) is 10.1. The molecule has 160 valence electrons. The lowest BCUT2D eigenvalue weighted by molar-refractivity contribution is -0.385. The van der Waals surface area contributed by atoms with Crippen LogP contribution in [0.15, 0.2) is 24.7 Å². The summed E-state index contributed by atoms with van der Waals surface area (Å²) in [6, 6.07) is 1.24. The molecule has 0 radical (unpaired) electrons. The van der Waals surface area contributed by atoms with Crippen LogP contribution in [-0.4, -0.2) is 27.7 Å². The molecule has 0 amide bonds. The number of halogens is 3. The summed E-state index contributed by atoms with van der Waals surface area (Å²) in [6.45, 7) is 4.44. The molecule has 1 unspecified atom stereocenters. The first kappa shape index (κ1) is 23.0. The number of aryl methyl sites for hydroxylation is 1. The van der Waals surface area contributed by atoms with Crippen LogP contribution in [0.25, 0.3) is 5.69 Å². The summed E-state index contributed by atoms with van der Waals surface area (Å²) in [5.74, 6) is -1.67. The Morgan fingerprint density at radius 2 is 1.90 bits per heavy atom. The van der Waals surface area contributed by atoms with E-state index < -0.39 is 47.0 Å². The highest BCUT2D eigenvalue weighted by Crippen LogP contribution is 2.60. The summed E-state index contributed by atoms with van der Waals surface area (Å²) >= 11 is 0. The van der Waals surface area contributed by atoms with Crippen LogP contribution in [0.5, 0.6) is 0 Å². The van der Waals surface area contributed by atoms with Gasteiger partial charge in [0.1, 0.15) is 5.78 Å². The number of nitro benzene ring substituents is 1. The van der Waals surface area contributed by atoms with Crippen molar-refractivity contribution in [1.29, 1.82) is 0 Å².